The highest BCUT2D eigenvalue weighted by atomic mass is 16.5. The number of para-hydroxylation sites is 1. The van der Waals surface area contributed by atoms with E-state index in [0.717, 1.165) is 5.56 Å². The first-order valence-corrected chi connectivity index (χ1v) is 11.1. The number of nitrogens with one attached hydrogen (secondary N) is 1. The van der Waals surface area contributed by atoms with Gasteiger partial charge in [-0.2, -0.15) is 10.2 Å². The molecule has 0 bridgehead atoms. The molecule has 180 valence electrons. The average molecular weight is 483 g/mol. The van der Waals surface area contributed by atoms with Gasteiger partial charge in [0.25, 0.3) is 5.91 Å². The van der Waals surface area contributed by atoms with E-state index in [9.17, 15) is 9.59 Å². The van der Waals surface area contributed by atoms with Gasteiger partial charge in [-0.25, -0.2) is 14.2 Å². The molecule has 0 fully saturated rings. The molecule has 5 rings (SSSR count). The molecule has 3 heterocycles. The van der Waals surface area contributed by atoms with Crippen LogP contribution < -0.4 is 5.32 Å². The number of ether oxygens (including phenoxy) is 1. The fraction of sp³-hybridized carbons (Fsp3) is 0.125. The number of nitrogens with zero attached hydrogens (tertiary/aromatic N) is 8. The largest absolute Gasteiger partial charge is 0.462 e. The predicted molar refractivity (Wildman–Crippen MR) is 128 cm³/mol. The van der Waals surface area contributed by atoms with Crippen molar-refractivity contribution < 1.29 is 14.3 Å². The smallest absolute Gasteiger partial charge is 0.343 e. The Morgan fingerprint density at radius 2 is 1.72 bits per heavy atom. The number of aromatic nitrogens is 8. The van der Waals surface area contributed by atoms with Crippen LogP contribution in [-0.4, -0.2) is 58.3 Å². The fourth-order valence-electron chi connectivity index (χ4n) is 3.46. The zero-order chi connectivity index (χ0) is 24.9. The van der Waals surface area contributed by atoms with Crippen LogP contribution in [0.4, 0.5) is 5.82 Å². The minimum Gasteiger partial charge on any atom is -0.462 e. The number of tetrazole rings is 1. The highest BCUT2D eigenvalue weighted by Crippen LogP contribution is 2.22. The first-order valence-electron chi connectivity index (χ1n) is 11.1. The topological polar surface area (TPSA) is 135 Å². The van der Waals surface area contributed by atoms with Crippen LogP contribution in [0.5, 0.6) is 0 Å². The summed E-state index contributed by atoms with van der Waals surface area (Å²) in [4.78, 5) is 26.9. The summed E-state index contributed by atoms with van der Waals surface area (Å²) >= 11 is 0. The molecule has 0 unspecified atom stereocenters. The van der Waals surface area contributed by atoms with Gasteiger partial charge in [-0.3, -0.25) is 4.79 Å². The second kappa shape index (κ2) is 10.0. The average Bonchev–Trinajstić information content (AvgIpc) is 3.66. The van der Waals surface area contributed by atoms with Gasteiger partial charge in [0.15, 0.2) is 18.2 Å². The number of carbonyl (C=O) groups is 2. The van der Waals surface area contributed by atoms with Crippen molar-refractivity contribution in [1.82, 2.24) is 39.8 Å². The quantitative estimate of drug-likeness (QED) is 0.333. The summed E-state index contributed by atoms with van der Waals surface area (Å²) in [6, 6.07) is 20.2. The van der Waals surface area contributed by atoms with Crippen molar-refractivity contribution in [3.8, 4) is 17.1 Å². The van der Waals surface area contributed by atoms with Crippen LogP contribution in [0.25, 0.3) is 17.1 Å². The lowest BCUT2D eigenvalue weighted by Crippen LogP contribution is -2.19. The molecule has 12 heteroatoms. The van der Waals surface area contributed by atoms with Crippen molar-refractivity contribution in [2.45, 2.75) is 13.6 Å². The second-order valence-corrected chi connectivity index (χ2v) is 7.56. The van der Waals surface area contributed by atoms with Crippen molar-refractivity contribution in [1.29, 1.82) is 0 Å². The molecule has 3 aromatic heterocycles. The van der Waals surface area contributed by atoms with Crippen LogP contribution >= 0.6 is 0 Å². The summed E-state index contributed by atoms with van der Waals surface area (Å²) in [6.07, 6.45) is 2.99. The van der Waals surface area contributed by atoms with E-state index in [-0.39, 0.29) is 30.4 Å². The second-order valence-electron chi connectivity index (χ2n) is 7.56. The summed E-state index contributed by atoms with van der Waals surface area (Å²) in [5.41, 5.74) is 1.78. The Bertz CT molecular complexity index is 1490. The Balaban J connectivity index is 1.35. The molecule has 0 saturated heterocycles. The number of benzene rings is 2. The van der Waals surface area contributed by atoms with Gasteiger partial charge < -0.3 is 10.1 Å². The Morgan fingerprint density at radius 1 is 0.972 bits per heavy atom. The van der Waals surface area contributed by atoms with Crippen LogP contribution in [0.3, 0.4) is 0 Å². The van der Waals surface area contributed by atoms with Crippen LogP contribution in [0, 0.1) is 0 Å². The zero-order valence-corrected chi connectivity index (χ0v) is 19.2. The number of anilines is 1. The van der Waals surface area contributed by atoms with Gasteiger partial charge in [0.2, 0.25) is 5.82 Å². The number of hydrogen-bond acceptors (Lipinski definition) is 8. The maximum atomic E-state index is 13.1. The summed E-state index contributed by atoms with van der Waals surface area (Å²) in [6.45, 7) is 2.05. The molecule has 5 aromatic rings. The zero-order valence-electron chi connectivity index (χ0n) is 19.2. The summed E-state index contributed by atoms with van der Waals surface area (Å²) in [7, 11) is 0. The van der Waals surface area contributed by atoms with Crippen molar-refractivity contribution in [3.05, 3.63) is 90.4 Å². The Kier molecular flexibility index (Phi) is 6.30. The molecule has 1 amide bonds. The van der Waals surface area contributed by atoms with Gasteiger partial charge in [0.1, 0.15) is 5.56 Å². The van der Waals surface area contributed by atoms with Crippen LogP contribution in [0.1, 0.15) is 27.8 Å². The molecule has 0 radical (unpaired) electrons. The highest BCUT2D eigenvalue weighted by molar-refractivity contribution is 6.06. The Labute approximate surface area is 205 Å². The van der Waals surface area contributed by atoms with E-state index in [1.807, 2.05) is 48.5 Å². The van der Waals surface area contributed by atoms with Crippen molar-refractivity contribution in [2.75, 3.05) is 11.9 Å². The van der Waals surface area contributed by atoms with E-state index in [1.165, 1.54) is 20.4 Å². The van der Waals surface area contributed by atoms with Crippen LogP contribution in [0.2, 0.25) is 0 Å². The molecule has 0 spiro atoms. The molecular weight excluding hydrogens is 462 g/mol. The summed E-state index contributed by atoms with van der Waals surface area (Å²) in [5.74, 6) is -0.438. The van der Waals surface area contributed by atoms with Crippen LogP contribution in [-0.2, 0) is 11.4 Å². The highest BCUT2D eigenvalue weighted by Gasteiger charge is 2.23. The van der Waals surface area contributed by atoms with Gasteiger partial charge in [0.05, 0.1) is 18.5 Å². The van der Waals surface area contributed by atoms with E-state index >= 15 is 0 Å². The van der Waals surface area contributed by atoms with E-state index in [4.69, 9.17) is 4.74 Å². The third kappa shape index (κ3) is 4.73. The van der Waals surface area contributed by atoms with Crippen molar-refractivity contribution in [3.63, 3.8) is 0 Å². The number of amides is 1. The van der Waals surface area contributed by atoms with Crippen molar-refractivity contribution >= 4 is 17.7 Å². The monoisotopic (exact) mass is 483 g/mol. The molecular formula is C24H21N9O3. The van der Waals surface area contributed by atoms with Gasteiger partial charge in [-0.15, -0.1) is 15.0 Å². The standard InChI is InChI=1S/C24H21N9O3/c1-2-36-24(35)19-15-25-33(18-11-7-4-8-12-18)22(19)26-23(34)20-13-14-31(28-20)16-32-29-21(27-30-32)17-9-5-3-6-10-17/h3-15H,2,16H2,1H3,(H,26,34). The van der Waals surface area contributed by atoms with E-state index in [1.54, 1.807) is 31.3 Å². The maximum absolute atomic E-state index is 13.1. The van der Waals surface area contributed by atoms with E-state index in [0.29, 0.717) is 11.5 Å². The molecule has 0 atom stereocenters. The molecule has 0 aliphatic heterocycles. The Morgan fingerprint density at radius 3 is 2.47 bits per heavy atom. The molecule has 12 nitrogen and oxygen atoms in total. The number of rotatable bonds is 8. The lowest BCUT2D eigenvalue weighted by molar-refractivity contribution is 0.0527. The van der Waals surface area contributed by atoms with Gasteiger partial charge in [-0.1, -0.05) is 48.5 Å². The molecule has 0 aliphatic carbocycles. The normalized spacial score (nSPS) is 10.8. The third-order valence-corrected chi connectivity index (χ3v) is 5.13. The van der Waals surface area contributed by atoms with Crippen LogP contribution in [0.15, 0.2) is 79.1 Å². The number of esters is 1. The Hall–Kier alpha value is -5.13. The fourth-order valence-corrected chi connectivity index (χ4v) is 3.46. The molecule has 0 saturated carbocycles. The van der Waals surface area contributed by atoms with E-state index in [2.05, 4.69) is 30.9 Å². The molecule has 1 N–H and O–H groups in total. The predicted octanol–water partition coefficient (Wildman–Crippen LogP) is 2.66. The summed E-state index contributed by atoms with van der Waals surface area (Å²) < 4.78 is 8.09. The maximum Gasteiger partial charge on any atom is 0.343 e. The minimum atomic E-state index is -0.591. The lowest BCUT2D eigenvalue weighted by atomic mass is 10.2. The number of hydrogen-bond donors (Lipinski definition) is 1. The summed E-state index contributed by atoms with van der Waals surface area (Å²) in [5, 5.41) is 23.8. The molecule has 0 aliphatic rings. The molecule has 2 aromatic carbocycles. The molecule has 36 heavy (non-hydrogen) atoms. The van der Waals surface area contributed by atoms with Gasteiger partial charge in [-0.05, 0) is 30.3 Å². The third-order valence-electron chi connectivity index (χ3n) is 5.13. The van der Waals surface area contributed by atoms with Gasteiger partial charge in [0, 0.05) is 11.8 Å². The first-order chi connectivity index (χ1) is 17.6. The van der Waals surface area contributed by atoms with Crippen molar-refractivity contribution in [2.24, 2.45) is 0 Å². The van der Waals surface area contributed by atoms with Gasteiger partial charge >= 0.3 is 5.97 Å². The lowest BCUT2D eigenvalue weighted by Gasteiger charge is -2.10. The SMILES string of the molecule is CCOC(=O)c1cnn(-c2ccccc2)c1NC(=O)c1ccn(Cn2nnc(-c3ccccc3)n2)n1. The number of carbonyl (C=O) groups excluding carboxylic acids is 2. The minimum absolute atomic E-state index is 0.133. The first kappa shape index (κ1) is 22.7. The van der Waals surface area contributed by atoms with E-state index < -0.39 is 11.9 Å².